The summed E-state index contributed by atoms with van der Waals surface area (Å²) < 4.78 is 6.52. The van der Waals surface area contributed by atoms with Gasteiger partial charge >= 0.3 is 0 Å². The van der Waals surface area contributed by atoms with Gasteiger partial charge in [-0.2, -0.15) is 0 Å². The van der Waals surface area contributed by atoms with E-state index in [0.29, 0.717) is 0 Å². The van der Waals surface area contributed by atoms with Gasteiger partial charge in [-0.05, 0) is 89.8 Å². The lowest BCUT2D eigenvalue weighted by atomic mass is 9.84. The van der Waals surface area contributed by atoms with Crippen molar-refractivity contribution in [1.29, 1.82) is 0 Å². The largest absolute Gasteiger partial charge is 0.455 e. The number of para-hydroxylation sites is 2. The van der Waals surface area contributed by atoms with Crippen molar-refractivity contribution >= 4 is 54.3 Å². The van der Waals surface area contributed by atoms with Crippen molar-refractivity contribution in [1.82, 2.24) is 0 Å². The topological polar surface area (TPSA) is 13.1 Å². The molecule has 0 N–H and O–H groups in total. The molecule has 0 aliphatic carbocycles. The minimum atomic E-state index is 0.793. The number of rotatable bonds is 5. The first-order valence-corrected chi connectivity index (χ1v) is 17.3. The zero-order valence-corrected chi connectivity index (χ0v) is 27.4. The Morgan fingerprint density at radius 3 is 1.76 bits per heavy atom. The molecule has 0 saturated heterocycles. The lowest BCUT2D eigenvalue weighted by Gasteiger charge is -2.20. The third-order valence-electron chi connectivity index (χ3n) is 10.4. The highest BCUT2D eigenvalue weighted by atomic mass is 16.3. The highest BCUT2D eigenvalue weighted by molar-refractivity contribution is 6.19. The maximum atomic E-state index is 6.52. The van der Waals surface area contributed by atoms with Crippen LogP contribution in [0.5, 0.6) is 0 Å². The molecule has 1 heterocycles. The minimum absolute atomic E-state index is 0.793. The van der Waals surface area contributed by atoms with Crippen molar-refractivity contribution in [2.45, 2.75) is 6.42 Å². The van der Waals surface area contributed by atoms with Crippen LogP contribution in [0.2, 0.25) is 0 Å². The molecule has 10 rings (SSSR count). The highest BCUT2D eigenvalue weighted by Crippen LogP contribution is 2.44. The summed E-state index contributed by atoms with van der Waals surface area (Å²) in [6.07, 6.45) is 0.793. The van der Waals surface area contributed by atoms with Gasteiger partial charge in [0.15, 0.2) is 0 Å². The van der Waals surface area contributed by atoms with Crippen LogP contribution in [0.15, 0.2) is 186 Å². The first kappa shape index (κ1) is 28.6. The van der Waals surface area contributed by atoms with E-state index in [2.05, 4.69) is 176 Å². The molecular formula is C49H32O. The van der Waals surface area contributed by atoms with E-state index in [1.54, 1.807) is 0 Å². The van der Waals surface area contributed by atoms with Gasteiger partial charge in [-0.3, -0.25) is 0 Å². The average molecular weight is 637 g/mol. The fourth-order valence-electron chi connectivity index (χ4n) is 8.09. The minimum Gasteiger partial charge on any atom is -0.455 e. The molecule has 50 heavy (non-hydrogen) atoms. The summed E-state index contributed by atoms with van der Waals surface area (Å²) in [6.45, 7) is 0. The Kier molecular flexibility index (Phi) is 6.63. The van der Waals surface area contributed by atoms with E-state index in [1.807, 2.05) is 6.07 Å². The van der Waals surface area contributed by atoms with E-state index in [4.69, 9.17) is 4.42 Å². The Hall–Kier alpha value is -6.44. The summed E-state index contributed by atoms with van der Waals surface area (Å²) in [5, 5.41) is 9.93. The van der Waals surface area contributed by atoms with Crippen LogP contribution in [0, 0.1) is 0 Å². The fraction of sp³-hybridized carbons (Fsp3) is 0.0204. The molecule has 0 saturated carbocycles. The molecule has 9 aromatic carbocycles. The Morgan fingerprint density at radius 2 is 0.960 bits per heavy atom. The number of benzene rings is 9. The average Bonchev–Trinajstić information content (AvgIpc) is 3.57. The second-order valence-electron chi connectivity index (χ2n) is 13.2. The maximum absolute atomic E-state index is 6.52. The molecule has 0 aliphatic rings. The van der Waals surface area contributed by atoms with Gasteiger partial charge < -0.3 is 4.42 Å². The van der Waals surface area contributed by atoms with Gasteiger partial charge in [0, 0.05) is 16.3 Å². The molecule has 0 bridgehead atoms. The first-order chi connectivity index (χ1) is 24.8. The molecule has 0 spiro atoms. The lowest BCUT2D eigenvalue weighted by molar-refractivity contribution is 0.670. The van der Waals surface area contributed by atoms with Crippen molar-refractivity contribution in [2.75, 3.05) is 0 Å². The third-order valence-corrected chi connectivity index (χ3v) is 10.4. The van der Waals surface area contributed by atoms with Crippen molar-refractivity contribution < 1.29 is 4.42 Å². The van der Waals surface area contributed by atoms with Gasteiger partial charge in [-0.1, -0.05) is 170 Å². The van der Waals surface area contributed by atoms with Crippen molar-refractivity contribution in [3.63, 3.8) is 0 Å². The van der Waals surface area contributed by atoms with E-state index < -0.39 is 0 Å². The summed E-state index contributed by atoms with van der Waals surface area (Å²) in [4.78, 5) is 0. The van der Waals surface area contributed by atoms with E-state index in [9.17, 15) is 0 Å². The number of hydrogen-bond acceptors (Lipinski definition) is 1. The normalized spacial score (nSPS) is 11.7. The molecule has 234 valence electrons. The van der Waals surface area contributed by atoms with E-state index >= 15 is 0 Å². The molecular weight excluding hydrogens is 605 g/mol. The Balaban J connectivity index is 1.20. The Morgan fingerprint density at radius 1 is 0.360 bits per heavy atom. The molecule has 0 radical (unpaired) electrons. The molecule has 1 nitrogen and oxygen atoms in total. The second kappa shape index (κ2) is 11.6. The van der Waals surface area contributed by atoms with Crippen LogP contribution in [-0.4, -0.2) is 0 Å². The zero-order chi connectivity index (χ0) is 33.0. The van der Waals surface area contributed by atoms with E-state index in [1.165, 1.54) is 71.3 Å². The van der Waals surface area contributed by atoms with Crippen LogP contribution in [-0.2, 0) is 6.42 Å². The molecule has 1 aromatic heterocycles. The monoisotopic (exact) mass is 636 g/mol. The van der Waals surface area contributed by atoms with Crippen LogP contribution < -0.4 is 0 Å². The molecule has 0 unspecified atom stereocenters. The van der Waals surface area contributed by atoms with Crippen LogP contribution in [0.1, 0.15) is 11.1 Å². The Bertz CT molecular complexity index is 2840. The Labute approximate surface area is 290 Å². The van der Waals surface area contributed by atoms with Crippen molar-refractivity contribution in [2.24, 2.45) is 0 Å². The van der Waals surface area contributed by atoms with Crippen LogP contribution in [0.3, 0.4) is 0 Å². The maximum Gasteiger partial charge on any atom is 0.143 e. The summed E-state index contributed by atoms with van der Waals surface area (Å²) in [6, 6.07) is 65.9. The van der Waals surface area contributed by atoms with Gasteiger partial charge in [0.05, 0.1) is 0 Å². The smallest absolute Gasteiger partial charge is 0.143 e. The van der Waals surface area contributed by atoms with Gasteiger partial charge in [0.1, 0.15) is 11.2 Å². The molecule has 0 fully saturated rings. The van der Waals surface area contributed by atoms with Gasteiger partial charge in [-0.25, -0.2) is 0 Å². The molecule has 0 aliphatic heterocycles. The number of hydrogen-bond donors (Lipinski definition) is 0. The number of fused-ring (bicyclic) bond motifs is 6. The highest BCUT2D eigenvalue weighted by Gasteiger charge is 2.20. The third kappa shape index (κ3) is 4.55. The zero-order valence-electron chi connectivity index (χ0n) is 27.4. The van der Waals surface area contributed by atoms with E-state index in [-0.39, 0.29) is 0 Å². The lowest BCUT2D eigenvalue weighted by Crippen LogP contribution is -1.97. The van der Waals surface area contributed by atoms with Crippen molar-refractivity contribution in [3.8, 4) is 33.4 Å². The molecule has 10 aromatic rings. The standard InChI is InChI=1S/C49H32O/c1-2-14-32(15-3-1)34-29-28-33-17-12-24-42(45(33)30-34)48-40-22-8-6-19-37(40)46(38-20-7-9-23-41(38)48)31-35-16-4-5-18-36(35)43-25-13-26-44-39-21-10-11-27-47(39)50-49(43)44/h1-30H,31H2. The molecule has 1 heteroatoms. The summed E-state index contributed by atoms with van der Waals surface area (Å²) >= 11 is 0. The van der Waals surface area contributed by atoms with Crippen LogP contribution in [0.4, 0.5) is 0 Å². The second-order valence-corrected chi connectivity index (χ2v) is 13.2. The summed E-state index contributed by atoms with van der Waals surface area (Å²) in [7, 11) is 0. The summed E-state index contributed by atoms with van der Waals surface area (Å²) in [5.74, 6) is 0. The van der Waals surface area contributed by atoms with Crippen molar-refractivity contribution in [3.05, 3.63) is 193 Å². The van der Waals surface area contributed by atoms with Gasteiger partial charge in [0.2, 0.25) is 0 Å². The predicted molar refractivity (Wildman–Crippen MR) is 212 cm³/mol. The van der Waals surface area contributed by atoms with E-state index in [0.717, 1.165) is 33.9 Å². The fourth-order valence-corrected chi connectivity index (χ4v) is 8.09. The molecule has 0 amide bonds. The van der Waals surface area contributed by atoms with Crippen LogP contribution in [0.25, 0.3) is 87.6 Å². The summed E-state index contributed by atoms with van der Waals surface area (Å²) in [5.41, 5.74) is 11.8. The van der Waals surface area contributed by atoms with Gasteiger partial charge in [0.25, 0.3) is 0 Å². The quantitative estimate of drug-likeness (QED) is 0.171. The predicted octanol–water partition coefficient (Wildman–Crippen LogP) is 13.6. The number of furan rings is 1. The molecule has 0 atom stereocenters. The SMILES string of the molecule is c1ccc(-c2ccc3cccc(-c4c5ccccc5c(Cc5ccccc5-c5cccc6c5oc5ccccc56)c5ccccc45)c3c2)cc1. The van der Waals surface area contributed by atoms with Gasteiger partial charge in [-0.15, -0.1) is 0 Å². The van der Waals surface area contributed by atoms with Crippen LogP contribution >= 0.6 is 0 Å². The first-order valence-electron chi connectivity index (χ1n) is 17.3.